The number of hydrogen-bond donors (Lipinski definition) is 0. The van der Waals surface area contributed by atoms with Gasteiger partial charge < -0.3 is 0 Å². The molecule has 3 heteroatoms. The number of benzene rings is 1. The highest BCUT2D eigenvalue weighted by molar-refractivity contribution is 14.1. The van der Waals surface area contributed by atoms with E-state index in [1.54, 1.807) is 0 Å². The molecule has 0 nitrogen and oxygen atoms in total. The first-order chi connectivity index (χ1) is 5.15. The van der Waals surface area contributed by atoms with Crippen LogP contribution in [0.15, 0.2) is 16.6 Å². The number of hydrogen-bond acceptors (Lipinski definition) is 0. The maximum Gasteiger partial charge on any atom is 0.0485 e. The zero-order valence-corrected chi connectivity index (χ0v) is 10.5. The van der Waals surface area contributed by atoms with Gasteiger partial charge in [0.15, 0.2) is 0 Å². The van der Waals surface area contributed by atoms with E-state index in [4.69, 9.17) is 11.6 Å². The lowest BCUT2D eigenvalue weighted by Gasteiger charge is -2.03. The van der Waals surface area contributed by atoms with E-state index in [2.05, 4.69) is 57.6 Å². The molecular formula is C8H7BrClI. The highest BCUT2D eigenvalue weighted by Gasteiger charge is 2.02. The fourth-order valence-electron chi connectivity index (χ4n) is 0.894. The molecule has 0 aliphatic rings. The van der Waals surface area contributed by atoms with Gasteiger partial charge >= 0.3 is 0 Å². The Bertz CT molecular complexity index is 273. The van der Waals surface area contributed by atoms with Crippen LogP contribution in [0.5, 0.6) is 0 Å². The van der Waals surface area contributed by atoms with E-state index in [1.165, 1.54) is 14.7 Å². The Balaban J connectivity index is 3.24. The van der Waals surface area contributed by atoms with E-state index in [-0.39, 0.29) is 0 Å². The van der Waals surface area contributed by atoms with Crippen LogP contribution >= 0.6 is 50.1 Å². The van der Waals surface area contributed by atoms with Crippen molar-refractivity contribution < 1.29 is 0 Å². The molecule has 0 saturated heterocycles. The standard InChI is InChI=1S/C8H7BrClI/c1-5-2-6(4-10)8(11)7(9)3-5/h2-3H,4H2,1H3. The molecule has 0 aliphatic heterocycles. The summed E-state index contributed by atoms with van der Waals surface area (Å²) < 4.78 is 2.34. The number of halogens is 3. The molecule has 0 aromatic heterocycles. The van der Waals surface area contributed by atoms with Crippen LogP contribution in [-0.4, -0.2) is 0 Å². The zero-order chi connectivity index (χ0) is 8.43. The fourth-order valence-corrected chi connectivity index (χ4v) is 2.45. The van der Waals surface area contributed by atoms with Gasteiger partial charge in [0.2, 0.25) is 0 Å². The number of alkyl halides is 1. The number of aryl methyl sites for hydroxylation is 1. The summed E-state index contributed by atoms with van der Waals surface area (Å²) in [6.07, 6.45) is 0. The molecule has 0 fully saturated rings. The minimum atomic E-state index is 0.582. The molecule has 0 radical (unpaired) electrons. The molecular weight excluding hydrogens is 338 g/mol. The molecule has 0 spiro atoms. The summed E-state index contributed by atoms with van der Waals surface area (Å²) in [5.41, 5.74) is 2.44. The Hall–Kier alpha value is 0.720. The second-order valence-corrected chi connectivity index (χ2v) is 4.55. The minimum absolute atomic E-state index is 0.582. The van der Waals surface area contributed by atoms with E-state index in [9.17, 15) is 0 Å². The van der Waals surface area contributed by atoms with E-state index in [1.807, 2.05) is 0 Å². The first-order valence-electron chi connectivity index (χ1n) is 3.15. The van der Waals surface area contributed by atoms with Crippen molar-refractivity contribution in [1.82, 2.24) is 0 Å². The summed E-state index contributed by atoms with van der Waals surface area (Å²) in [5.74, 6) is 0.582. The lowest BCUT2D eigenvalue weighted by molar-refractivity contribution is 1.30. The Morgan fingerprint density at radius 1 is 1.55 bits per heavy atom. The molecule has 1 rings (SSSR count). The summed E-state index contributed by atoms with van der Waals surface area (Å²) >= 11 is 11.5. The van der Waals surface area contributed by atoms with Gasteiger partial charge in [0.1, 0.15) is 0 Å². The highest BCUT2D eigenvalue weighted by Crippen LogP contribution is 2.25. The average molecular weight is 345 g/mol. The molecule has 0 unspecified atom stereocenters. The minimum Gasteiger partial charge on any atom is -0.122 e. The van der Waals surface area contributed by atoms with Gasteiger partial charge in [-0.1, -0.05) is 6.07 Å². The van der Waals surface area contributed by atoms with Crippen molar-refractivity contribution in [2.45, 2.75) is 12.8 Å². The third kappa shape index (κ3) is 2.33. The summed E-state index contributed by atoms with van der Waals surface area (Å²) in [6, 6.07) is 4.21. The van der Waals surface area contributed by atoms with Crippen molar-refractivity contribution in [3.63, 3.8) is 0 Å². The second-order valence-electron chi connectivity index (χ2n) is 2.35. The third-order valence-electron chi connectivity index (χ3n) is 1.39. The van der Waals surface area contributed by atoms with Gasteiger partial charge in [-0.25, -0.2) is 0 Å². The lowest BCUT2D eigenvalue weighted by atomic mass is 10.2. The van der Waals surface area contributed by atoms with Gasteiger partial charge in [-0.15, -0.1) is 11.6 Å². The van der Waals surface area contributed by atoms with Gasteiger partial charge in [-0.3, -0.25) is 0 Å². The maximum absolute atomic E-state index is 5.75. The van der Waals surface area contributed by atoms with Crippen molar-refractivity contribution in [2.24, 2.45) is 0 Å². The Labute approximate surface area is 93.6 Å². The van der Waals surface area contributed by atoms with Crippen molar-refractivity contribution in [3.8, 4) is 0 Å². The molecule has 0 bridgehead atoms. The topological polar surface area (TPSA) is 0 Å². The van der Waals surface area contributed by atoms with Crippen LogP contribution in [0.3, 0.4) is 0 Å². The Kier molecular flexibility index (Phi) is 3.65. The Morgan fingerprint density at radius 2 is 2.18 bits per heavy atom. The predicted octanol–water partition coefficient (Wildman–Crippen LogP) is 4.10. The maximum atomic E-state index is 5.75. The largest absolute Gasteiger partial charge is 0.122 e. The van der Waals surface area contributed by atoms with E-state index in [0.29, 0.717) is 5.88 Å². The highest BCUT2D eigenvalue weighted by atomic mass is 127. The average Bonchev–Trinajstić information content (AvgIpc) is 1.96. The van der Waals surface area contributed by atoms with Crippen LogP contribution in [-0.2, 0) is 5.88 Å². The van der Waals surface area contributed by atoms with Crippen molar-refractivity contribution in [1.29, 1.82) is 0 Å². The molecule has 0 aliphatic carbocycles. The zero-order valence-electron chi connectivity index (χ0n) is 6.00. The van der Waals surface area contributed by atoms with Gasteiger partial charge in [0.05, 0.1) is 0 Å². The van der Waals surface area contributed by atoms with Crippen molar-refractivity contribution in [3.05, 3.63) is 31.3 Å². The smallest absolute Gasteiger partial charge is 0.0485 e. The Morgan fingerprint density at radius 3 is 2.73 bits per heavy atom. The molecule has 1 aromatic rings. The summed E-state index contributed by atoms with van der Waals surface area (Å²) in [4.78, 5) is 0. The third-order valence-corrected chi connectivity index (χ3v) is 4.32. The van der Waals surface area contributed by atoms with Crippen LogP contribution in [0.1, 0.15) is 11.1 Å². The first kappa shape index (κ1) is 9.81. The molecule has 0 N–H and O–H groups in total. The SMILES string of the molecule is Cc1cc(Br)c(I)c(CCl)c1. The fraction of sp³-hybridized carbons (Fsp3) is 0.250. The van der Waals surface area contributed by atoms with Crippen LogP contribution in [0, 0.1) is 10.5 Å². The predicted molar refractivity (Wildman–Crippen MR) is 61.2 cm³/mol. The summed E-state index contributed by atoms with van der Waals surface area (Å²) in [5, 5.41) is 0. The summed E-state index contributed by atoms with van der Waals surface area (Å²) in [7, 11) is 0. The molecule has 60 valence electrons. The first-order valence-corrected chi connectivity index (χ1v) is 5.56. The van der Waals surface area contributed by atoms with Crippen LogP contribution < -0.4 is 0 Å². The molecule has 0 heterocycles. The van der Waals surface area contributed by atoms with Crippen molar-refractivity contribution in [2.75, 3.05) is 0 Å². The van der Waals surface area contributed by atoms with E-state index in [0.717, 1.165) is 4.47 Å². The van der Waals surface area contributed by atoms with Crippen LogP contribution in [0.25, 0.3) is 0 Å². The van der Waals surface area contributed by atoms with Crippen LogP contribution in [0.2, 0.25) is 0 Å². The normalized spacial score (nSPS) is 10.2. The lowest BCUT2D eigenvalue weighted by Crippen LogP contribution is -1.87. The molecule has 0 saturated carbocycles. The molecule has 0 atom stereocenters. The summed E-state index contributed by atoms with van der Waals surface area (Å²) in [6.45, 7) is 2.07. The molecule has 11 heavy (non-hydrogen) atoms. The monoisotopic (exact) mass is 344 g/mol. The van der Waals surface area contributed by atoms with Gasteiger partial charge in [-0.05, 0) is 62.6 Å². The molecule has 1 aromatic carbocycles. The van der Waals surface area contributed by atoms with Crippen LogP contribution in [0.4, 0.5) is 0 Å². The van der Waals surface area contributed by atoms with Gasteiger partial charge in [0, 0.05) is 13.9 Å². The van der Waals surface area contributed by atoms with Gasteiger partial charge in [0.25, 0.3) is 0 Å². The molecule has 0 amide bonds. The van der Waals surface area contributed by atoms with Gasteiger partial charge in [-0.2, -0.15) is 0 Å². The quantitative estimate of drug-likeness (QED) is 0.531. The second kappa shape index (κ2) is 4.10. The van der Waals surface area contributed by atoms with E-state index < -0.39 is 0 Å². The van der Waals surface area contributed by atoms with E-state index >= 15 is 0 Å². The van der Waals surface area contributed by atoms with Crippen molar-refractivity contribution >= 4 is 50.1 Å². The number of rotatable bonds is 1.